The molecule has 0 fully saturated rings. The number of benzene rings is 1. The summed E-state index contributed by atoms with van der Waals surface area (Å²) >= 11 is 0. The van der Waals surface area contributed by atoms with Gasteiger partial charge in [0.1, 0.15) is 0 Å². The predicted octanol–water partition coefficient (Wildman–Crippen LogP) is 1.61. The van der Waals surface area contributed by atoms with Gasteiger partial charge in [0, 0.05) is 25.3 Å². The van der Waals surface area contributed by atoms with E-state index in [4.69, 9.17) is 0 Å². The number of rotatable bonds is 2. The lowest BCUT2D eigenvalue weighted by Crippen LogP contribution is -2.37. The van der Waals surface area contributed by atoms with Gasteiger partial charge >= 0.3 is 0 Å². The van der Waals surface area contributed by atoms with E-state index in [2.05, 4.69) is 55.2 Å². The minimum atomic E-state index is 0.641. The van der Waals surface area contributed by atoms with E-state index in [0.717, 1.165) is 6.54 Å². The van der Waals surface area contributed by atoms with Crippen molar-refractivity contribution in [3.05, 3.63) is 29.8 Å². The number of fused-ring (bicyclic) bond motifs is 1. The summed E-state index contributed by atoms with van der Waals surface area (Å²) in [6, 6.07) is 9.34. The van der Waals surface area contributed by atoms with Crippen molar-refractivity contribution in [2.24, 2.45) is 0 Å². The van der Waals surface area contributed by atoms with Gasteiger partial charge in [-0.15, -0.1) is 0 Å². The monoisotopic (exact) mass is 190 g/mol. The maximum Gasteiger partial charge on any atom is 0.0454 e. The number of hydrogen-bond acceptors (Lipinski definition) is 2. The van der Waals surface area contributed by atoms with Gasteiger partial charge in [-0.2, -0.15) is 0 Å². The fourth-order valence-electron chi connectivity index (χ4n) is 2.22. The molecule has 0 radical (unpaired) electrons. The van der Waals surface area contributed by atoms with Gasteiger partial charge in [0.25, 0.3) is 0 Å². The van der Waals surface area contributed by atoms with Crippen LogP contribution in [-0.4, -0.2) is 38.6 Å². The molecule has 0 saturated heterocycles. The van der Waals surface area contributed by atoms with Crippen molar-refractivity contribution in [3.8, 4) is 0 Å². The molecule has 76 valence electrons. The van der Waals surface area contributed by atoms with Crippen LogP contribution in [0.4, 0.5) is 5.69 Å². The van der Waals surface area contributed by atoms with Crippen LogP contribution < -0.4 is 4.90 Å². The summed E-state index contributed by atoms with van der Waals surface area (Å²) in [4.78, 5) is 4.66. The third kappa shape index (κ3) is 1.62. The minimum absolute atomic E-state index is 0.641. The summed E-state index contributed by atoms with van der Waals surface area (Å²) < 4.78 is 0. The molecular weight excluding hydrogens is 172 g/mol. The van der Waals surface area contributed by atoms with Crippen LogP contribution in [-0.2, 0) is 6.42 Å². The molecule has 0 saturated carbocycles. The van der Waals surface area contributed by atoms with Crippen LogP contribution in [0.1, 0.15) is 5.56 Å². The van der Waals surface area contributed by atoms with Crippen molar-refractivity contribution in [3.63, 3.8) is 0 Å². The van der Waals surface area contributed by atoms with Gasteiger partial charge in [-0.1, -0.05) is 18.2 Å². The maximum atomic E-state index is 2.40. The summed E-state index contributed by atoms with van der Waals surface area (Å²) in [6.07, 6.45) is 1.19. The molecule has 2 rings (SSSR count). The standard InChI is InChI=1S/C12H18N2/c1-13(2)9-11-8-10-6-4-5-7-12(10)14(11)3/h4-7,11H,8-9H2,1-3H3. The Morgan fingerprint density at radius 2 is 2.07 bits per heavy atom. The highest BCUT2D eigenvalue weighted by molar-refractivity contribution is 5.58. The van der Waals surface area contributed by atoms with E-state index < -0.39 is 0 Å². The minimum Gasteiger partial charge on any atom is -0.370 e. The normalized spacial score (nSPS) is 20.3. The van der Waals surface area contributed by atoms with E-state index in [1.807, 2.05) is 0 Å². The van der Waals surface area contributed by atoms with E-state index in [0.29, 0.717) is 6.04 Å². The lowest BCUT2D eigenvalue weighted by molar-refractivity contribution is 0.372. The smallest absolute Gasteiger partial charge is 0.0454 e. The van der Waals surface area contributed by atoms with Crippen LogP contribution in [0.5, 0.6) is 0 Å². The van der Waals surface area contributed by atoms with Crippen LogP contribution in [0, 0.1) is 0 Å². The van der Waals surface area contributed by atoms with Gasteiger partial charge < -0.3 is 9.80 Å². The van der Waals surface area contributed by atoms with Crippen LogP contribution in [0.3, 0.4) is 0 Å². The molecule has 0 spiro atoms. The van der Waals surface area contributed by atoms with Gasteiger partial charge in [0.15, 0.2) is 0 Å². The Bertz CT molecular complexity index is 320. The van der Waals surface area contributed by atoms with E-state index in [1.54, 1.807) is 0 Å². The number of anilines is 1. The highest BCUT2D eigenvalue weighted by Crippen LogP contribution is 2.30. The average molecular weight is 190 g/mol. The predicted molar refractivity (Wildman–Crippen MR) is 60.9 cm³/mol. The lowest BCUT2D eigenvalue weighted by atomic mass is 10.1. The third-order valence-corrected chi connectivity index (χ3v) is 2.95. The summed E-state index contributed by atoms with van der Waals surface area (Å²) in [5.74, 6) is 0. The van der Waals surface area contributed by atoms with Crippen molar-refractivity contribution >= 4 is 5.69 Å². The first-order chi connectivity index (χ1) is 6.68. The molecule has 1 unspecified atom stereocenters. The lowest BCUT2D eigenvalue weighted by Gasteiger charge is -2.25. The van der Waals surface area contributed by atoms with E-state index in [9.17, 15) is 0 Å². The topological polar surface area (TPSA) is 6.48 Å². The SMILES string of the molecule is CN(C)CC1Cc2ccccc2N1C. The highest BCUT2D eigenvalue weighted by atomic mass is 15.2. The van der Waals surface area contributed by atoms with Gasteiger partial charge in [-0.05, 0) is 32.1 Å². The molecule has 1 aromatic rings. The van der Waals surface area contributed by atoms with Crippen LogP contribution in [0.2, 0.25) is 0 Å². The van der Waals surface area contributed by atoms with Crippen molar-refractivity contribution in [1.29, 1.82) is 0 Å². The van der Waals surface area contributed by atoms with E-state index in [-0.39, 0.29) is 0 Å². The Morgan fingerprint density at radius 3 is 2.71 bits per heavy atom. The molecule has 2 nitrogen and oxygen atoms in total. The molecule has 1 aromatic carbocycles. The van der Waals surface area contributed by atoms with Crippen LogP contribution >= 0.6 is 0 Å². The van der Waals surface area contributed by atoms with Crippen molar-refractivity contribution in [2.75, 3.05) is 32.6 Å². The zero-order valence-electron chi connectivity index (χ0n) is 9.20. The quantitative estimate of drug-likeness (QED) is 0.699. The first-order valence-corrected chi connectivity index (χ1v) is 5.14. The zero-order chi connectivity index (χ0) is 10.1. The molecule has 0 bridgehead atoms. The Hall–Kier alpha value is -1.02. The first kappa shape index (κ1) is 9.53. The van der Waals surface area contributed by atoms with Gasteiger partial charge in [0.2, 0.25) is 0 Å². The molecule has 0 amide bonds. The molecule has 0 aromatic heterocycles. The molecular formula is C12H18N2. The van der Waals surface area contributed by atoms with Crippen molar-refractivity contribution in [2.45, 2.75) is 12.5 Å². The first-order valence-electron chi connectivity index (χ1n) is 5.14. The van der Waals surface area contributed by atoms with Crippen LogP contribution in [0.15, 0.2) is 24.3 Å². The Balaban J connectivity index is 2.17. The van der Waals surface area contributed by atoms with Crippen molar-refractivity contribution < 1.29 is 0 Å². The van der Waals surface area contributed by atoms with Gasteiger partial charge in [0.05, 0.1) is 0 Å². The average Bonchev–Trinajstić information content (AvgIpc) is 2.44. The van der Waals surface area contributed by atoms with Gasteiger partial charge in [-0.25, -0.2) is 0 Å². The largest absolute Gasteiger partial charge is 0.370 e. The fraction of sp³-hybridized carbons (Fsp3) is 0.500. The fourth-order valence-corrected chi connectivity index (χ4v) is 2.22. The van der Waals surface area contributed by atoms with E-state index in [1.165, 1.54) is 17.7 Å². The second kappa shape index (κ2) is 3.62. The van der Waals surface area contributed by atoms with Crippen LogP contribution in [0.25, 0.3) is 0 Å². The Labute approximate surface area is 86.1 Å². The number of likely N-dealkylation sites (N-methyl/N-ethyl adjacent to an activating group) is 2. The summed E-state index contributed by atoms with van der Waals surface area (Å²) in [6.45, 7) is 1.13. The van der Waals surface area contributed by atoms with Crippen molar-refractivity contribution in [1.82, 2.24) is 4.90 Å². The maximum absolute atomic E-state index is 2.40. The summed E-state index contributed by atoms with van der Waals surface area (Å²) in [7, 11) is 6.47. The molecule has 1 aliphatic heterocycles. The Morgan fingerprint density at radius 1 is 1.36 bits per heavy atom. The molecule has 14 heavy (non-hydrogen) atoms. The van der Waals surface area contributed by atoms with E-state index >= 15 is 0 Å². The molecule has 1 atom stereocenters. The highest BCUT2D eigenvalue weighted by Gasteiger charge is 2.25. The number of para-hydroxylation sites is 1. The molecule has 1 aliphatic rings. The molecule has 0 aliphatic carbocycles. The molecule has 2 heteroatoms. The molecule has 0 N–H and O–H groups in total. The second-order valence-electron chi connectivity index (χ2n) is 4.36. The summed E-state index contributed by atoms with van der Waals surface area (Å²) in [5.41, 5.74) is 2.89. The third-order valence-electron chi connectivity index (χ3n) is 2.95. The summed E-state index contributed by atoms with van der Waals surface area (Å²) in [5, 5.41) is 0. The second-order valence-corrected chi connectivity index (χ2v) is 4.36. The number of hydrogen-bond donors (Lipinski definition) is 0. The molecule has 1 heterocycles. The Kier molecular flexibility index (Phi) is 2.46. The zero-order valence-corrected chi connectivity index (χ0v) is 9.20. The van der Waals surface area contributed by atoms with Gasteiger partial charge in [-0.3, -0.25) is 0 Å². The number of nitrogens with zero attached hydrogens (tertiary/aromatic N) is 2.